The van der Waals surface area contributed by atoms with Gasteiger partial charge < -0.3 is 9.84 Å². The van der Waals surface area contributed by atoms with Crippen LogP contribution in [0.3, 0.4) is 0 Å². The maximum atomic E-state index is 10.4. The van der Waals surface area contributed by atoms with Gasteiger partial charge in [-0.2, -0.15) is 0 Å². The standard InChI is InChI=1S/C16H17BrO2/c1-3-19-14-7-4-12(5-8-14)16(18)15-9-6-13(17)10-11(15)2/h4-10,16,18H,3H2,1-2H3. The highest BCUT2D eigenvalue weighted by atomic mass is 79.9. The topological polar surface area (TPSA) is 29.5 Å². The van der Waals surface area contributed by atoms with E-state index in [4.69, 9.17) is 4.74 Å². The van der Waals surface area contributed by atoms with Crippen LogP contribution in [0.15, 0.2) is 46.9 Å². The predicted octanol–water partition coefficient (Wildman–Crippen LogP) is 4.24. The Bertz CT molecular complexity index is 549. The highest BCUT2D eigenvalue weighted by Gasteiger charge is 2.13. The number of aliphatic hydroxyl groups excluding tert-OH is 1. The molecule has 19 heavy (non-hydrogen) atoms. The summed E-state index contributed by atoms with van der Waals surface area (Å²) in [6.45, 7) is 4.60. The van der Waals surface area contributed by atoms with E-state index in [0.717, 1.165) is 26.9 Å². The first kappa shape index (κ1) is 14.1. The molecule has 0 bridgehead atoms. The van der Waals surface area contributed by atoms with Gasteiger partial charge in [-0.1, -0.05) is 34.1 Å². The fourth-order valence-corrected chi connectivity index (χ4v) is 2.51. The molecule has 0 heterocycles. The van der Waals surface area contributed by atoms with Crippen molar-refractivity contribution in [3.63, 3.8) is 0 Å². The molecule has 2 aromatic rings. The molecule has 0 aliphatic carbocycles. The van der Waals surface area contributed by atoms with E-state index in [2.05, 4.69) is 15.9 Å². The first-order valence-electron chi connectivity index (χ1n) is 6.28. The molecule has 3 heteroatoms. The molecule has 0 radical (unpaired) electrons. The Balaban J connectivity index is 2.25. The zero-order chi connectivity index (χ0) is 13.8. The smallest absolute Gasteiger partial charge is 0.119 e. The molecule has 2 aromatic carbocycles. The number of rotatable bonds is 4. The lowest BCUT2D eigenvalue weighted by atomic mass is 9.97. The molecule has 0 amide bonds. The van der Waals surface area contributed by atoms with E-state index in [1.54, 1.807) is 0 Å². The Morgan fingerprint density at radius 3 is 2.42 bits per heavy atom. The number of benzene rings is 2. The molecule has 0 aliphatic rings. The highest BCUT2D eigenvalue weighted by molar-refractivity contribution is 9.10. The predicted molar refractivity (Wildman–Crippen MR) is 80.6 cm³/mol. The number of aliphatic hydroxyl groups is 1. The van der Waals surface area contributed by atoms with Gasteiger partial charge in [0.1, 0.15) is 11.9 Å². The fourth-order valence-electron chi connectivity index (χ4n) is 2.04. The molecule has 0 saturated heterocycles. The zero-order valence-electron chi connectivity index (χ0n) is 11.1. The average Bonchev–Trinajstić information content (AvgIpc) is 2.39. The second kappa shape index (κ2) is 6.22. The van der Waals surface area contributed by atoms with E-state index >= 15 is 0 Å². The van der Waals surface area contributed by atoms with Gasteiger partial charge in [0.2, 0.25) is 0 Å². The van der Waals surface area contributed by atoms with Crippen LogP contribution in [0.2, 0.25) is 0 Å². The summed E-state index contributed by atoms with van der Waals surface area (Å²) in [5.74, 6) is 0.825. The molecule has 0 aliphatic heterocycles. The van der Waals surface area contributed by atoms with Crippen molar-refractivity contribution in [1.29, 1.82) is 0 Å². The van der Waals surface area contributed by atoms with Crippen molar-refractivity contribution < 1.29 is 9.84 Å². The highest BCUT2D eigenvalue weighted by Crippen LogP contribution is 2.28. The lowest BCUT2D eigenvalue weighted by Gasteiger charge is -2.15. The van der Waals surface area contributed by atoms with Crippen LogP contribution in [0.4, 0.5) is 0 Å². The molecule has 0 aromatic heterocycles. The number of ether oxygens (including phenoxy) is 1. The molecule has 0 fully saturated rings. The van der Waals surface area contributed by atoms with Crippen molar-refractivity contribution in [2.24, 2.45) is 0 Å². The summed E-state index contributed by atoms with van der Waals surface area (Å²) >= 11 is 3.43. The number of halogens is 1. The van der Waals surface area contributed by atoms with Crippen LogP contribution in [0.1, 0.15) is 29.7 Å². The van der Waals surface area contributed by atoms with E-state index in [-0.39, 0.29) is 0 Å². The van der Waals surface area contributed by atoms with Crippen molar-refractivity contribution >= 4 is 15.9 Å². The molecule has 2 nitrogen and oxygen atoms in total. The number of aryl methyl sites for hydroxylation is 1. The normalized spacial score (nSPS) is 12.2. The second-order valence-corrected chi connectivity index (χ2v) is 5.32. The molecule has 100 valence electrons. The minimum Gasteiger partial charge on any atom is -0.494 e. The second-order valence-electron chi connectivity index (χ2n) is 4.41. The van der Waals surface area contributed by atoms with Gasteiger partial charge in [0.15, 0.2) is 0 Å². The summed E-state index contributed by atoms with van der Waals surface area (Å²) in [7, 11) is 0. The fraction of sp³-hybridized carbons (Fsp3) is 0.250. The third-order valence-corrected chi connectivity index (χ3v) is 3.53. The first-order chi connectivity index (χ1) is 9.11. The van der Waals surface area contributed by atoms with E-state index in [1.807, 2.05) is 56.3 Å². The summed E-state index contributed by atoms with van der Waals surface area (Å²) in [5.41, 5.74) is 2.86. The van der Waals surface area contributed by atoms with Gasteiger partial charge in [0.25, 0.3) is 0 Å². The number of hydrogen-bond donors (Lipinski definition) is 1. The maximum Gasteiger partial charge on any atom is 0.119 e. The van der Waals surface area contributed by atoms with Gasteiger partial charge in [0.05, 0.1) is 6.61 Å². The molecule has 2 rings (SSSR count). The molecule has 0 spiro atoms. The van der Waals surface area contributed by atoms with Gasteiger partial charge in [0, 0.05) is 4.47 Å². The zero-order valence-corrected chi connectivity index (χ0v) is 12.6. The molecular weight excluding hydrogens is 304 g/mol. The van der Waals surface area contributed by atoms with Gasteiger partial charge >= 0.3 is 0 Å². The van der Waals surface area contributed by atoms with Crippen LogP contribution in [0.5, 0.6) is 5.75 Å². The van der Waals surface area contributed by atoms with E-state index in [1.165, 1.54) is 0 Å². The van der Waals surface area contributed by atoms with Crippen LogP contribution in [0.25, 0.3) is 0 Å². The Kier molecular flexibility index (Phi) is 4.61. The molecule has 1 unspecified atom stereocenters. The first-order valence-corrected chi connectivity index (χ1v) is 7.08. The average molecular weight is 321 g/mol. The summed E-state index contributed by atoms with van der Waals surface area (Å²) in [4.78, 5) is 0. The molecule has 1 N–H and O–H groups in total. The van der Waals surface area contributed by atoms with E-state index in [9.17, 15) is 5.11 Å². The Morgan fingerprint density at radius 1 is 1.16 bits per heavy atom. The summed E-state index contributed by atoms with van der Waals surface area (Å²) in [6.07, 6.45) is -0.608. The third kappa shape index (κ3) is 3.37. The maximum absolute atomic E-state index is 10.4. The van der Waals surface area contributed by atoms with Crippen molar-refractivity contribution in [2.75, 3.05) is 6.61 Å². The van der Waals surface area contributed by atoms with Gasteiger partial charge in [-0.15, -0.1) is 0 Å². The van der Waals surface area contributed by atoms with Gasteiger partial charge in [-0.3, -0.25) is 0 Å². The lowest BCUT2D eigenvalue weighted by molar-refractivity contribution is 0.219. The Labute approximate surface area is 122 Å². The van der Waals surface area contributed by atoms with Gasteiger partial charge in [-0.05, 0) is 54.8 Å². The van der Waals surface area contributed by atoms with Crippen LogP contribution in [-0.4, -0.2) is 11.7 Å². The van der Waals surface area contributed by atoms with E-state index < -0.39 is 6.10 Å². The van der Waals surface area contributed by atoms with Crippen molar-refractivity contribution in [3.05, 3.63) is 63.6 Å². The molecule has 0 saturated carbocycles. The Hall–Kier alpha value is -1.32. The van der Waals surface area contributed by atoms with Crippen LogP contribution < -0.4 is 4.74 Å². The summed E-state index contributed by atoms with van der Waals surface area (Å²) in [5, 5.41) is 10.4. The van der Waals surface area contributed by atoms with E-state index in [0.29, 0.717) is 6.61 Å². The largest absolute Gasteiger partial charge is 0.494 e. The summed E-state index contributed by atoms with van der Waals surface area (Å²) in [6, 6.07) is 13.5. The minimum absolute atomic E-state index is 0.608. The van der Waals surface area contributed by atoms with Crippen LogP contribution in [0, 0.1) is 6.92 Å². The van der Waals surface area contributed by atoms with Crippen LogP contribution in [-0.2, 0) is 0 Å². The quantitative estimate of drug-likeness (QED) is 0.913. The van der Waals surface area contributed by atoms with Crippen molar-refractivity contribution in [2.45, 2.75) is 20.0 Å². The van der Waals surface area contributed by atoms with Crippen LogP contribution >= 0.6 is 15.9 Å². The molecular formula is C16H17BrO2. The van der Waals surface area contributed by atoms with Gasteiger partial charge in [-0.25, -0.2) is 0 Å². The molecule has 1 atom stereocenters. The van der Waals surface area contributed by atoms with Crippen molar-refractivity contribution in [1.82, 2.24) is 0 Å². The third-order valence-electron chi connectivity index (χ3n) is 3.03. The summed E-state index contributed by atoms with van der Waals surface area (Å²) < 4.78 is 6.42. The number of hydrogen-bond acceptors (Lipinski definition) is 2. The monoisotopic (exact) mass is 320 g/mol. The minimum atomic E-state index is -0.608. The SMILES string of the molecule is CCOc1ccc(C(O)c2ccc(Br)cc2C)cc1. The van der Waals surface area contributed by atoms with Crippen molar-refractivity contribution in [3.8, 4) is 5.75 Å². The lowest BCUT2D eigenvalue weighted by Crippen LogP contribution is -2.02. The Morgan fingerprint density at radius 2 is 1.84 bits per heavy atom.